The van der Waals surface area contributed by atoms with E-state index in [1.165, 1.54) is 12.1 Å². The highest BCUT2D eigenvalue weighted by molar-refractivity contribution is 6.40. The summed E-state index contributed by atoms with van der Waals surface area (Å²) in [4.78, 5) is 34.5. The number of hydrogen-bond donors (Lipinski definition) is 1. The van der Waals surface area contributed by atoms with Crippen LogP contribution in [0.25, 0.3) is 0 Å². The third-order valence-corrected chi connectivity index (χ3v) is 3.05. The van der Waals surface area contributed by atoms with Crippen molar-refractivity contribution in [2.75, 3.05) is 7.11 Å². The van der Waals surface area contributed by atoms with Crippen molar-refractivity contribution in [1.82, 2.24) is 5.32 Å². The van der Waals surface area contributed by atoms with Crippen molar-refractivity contribution in [3.63, 3.8) is 0 Å². The lowest BCUT2D eigenvalue weighted by molar-refractivity contribution is -0.135. The molecule has 5 heteroatoms. The molecule has 0 radical (unpaired) electrons. The number of rotatable bonds is 5. The van der Waals surface area contributed by atoms with Crippen LogP contribution in [-0.2, 0) is 19.9 Å². The standard InChI is InChI=1S/C16H19NO4/c1-10(2)14(19)17-16(3,4)12-8-6-11(7-9-12)13(18)15(20)21-5/h6-9H,1H2,2-5H3,(H,17,19). The van der Waals surface area contributed by atoms with Gasteiger partial charge in [-0.15, -0.1) is 0 Å². The number of ketones is 1. The zero-order valence-corrected chi connectivity index (χ0v) is 12.6. The summed E-state index contributed by atoms with van der Waals surface area (Å²) in [6.07, 6.45) is 0. The molecule has 0 aliphatic heterocycles. The summed E-state index contributed by atoms with van der Waals surface area (Å²) in [5.74, 6) is -1.85. The molecule has 1 N–H and O–H groups in total. The number of carbonyl (C=O) groups excluding carboxylic acids is 3. The average molecular weight is 289 g/mol. The Bertz CT molecular complexity index is 585. The summed E-state index contributed by atoms with van der Waals surface area (Å²) in [6.45, 7) is 8.90. The van der Waals surface area contributed by atoms with Crippen LogP contribution in [0.4, 0.5) is 0 Å². The summed E-state index contributed by atoms with van der Waals surface area (Å²) in [7, 11) is 1.16. The number of hydrogen-bond acceptors (Lipinski definition) is 4. The topological polar surface area (TPSA) is 72.5 Å². The maximum atomic E-state index is 11.7. The van der Waals surface area contributed by atoms with Crippen molar-refractivity contribution in [1.29, 1.82) is 0 Å². The van der Waals surface area contributed by atoms with Crippen LogP contribution in [-0.4, -0.2) is 24.8 Å². The Balaban J connectivity index is 2.96. The summed E-state index contributed by atoms with van der Waals surface area (Å²) >= 11 is 0. The molecule has 0 saturated heterocycles. The van der Waals surface area contributed by atoms with Gasteiger partial charge in [-0.3, -0.25) is 9.59 Å². The smallest absolute Gasteiger partial charge is 0.379 e. The summed E-state index contributed by atoms with van der Waals surface area (Å²) in [6, 6.07) is 6.44. The normalized spacial score (nSPS) is 10.7. The molecule has 0 unspecified atom stereocenters. The van der Waals surface area contributed by atoms with Crippen molar-refractivity contribution in [2.24, 2.45) is 0 Å². The highest BCUT2D eigenvalue weighted by Crippen LogP contribution is 2.21. The fourth-order valence-corrected chi connectivity index (χ4v) is 1.71. The molecule has 5 nitrogen and oxygen atoms in total. The van der Waals surface area contributed by atoms with Gasteiger partial charge in [-0.25, -0.2) is 4.79 Å². The van der Waals surface area contributed by atoms with Crippen molar-refractivity contribution >= 4 is 17.7 Å². The first-order valence-electron chi connectivity index (χ1n) is 6.40. The van der Waals surface area contributed by atoms with E-state index in [1.807, 2.05) is 13.8 Å². The van der Waals surface area contributed by atoms with Crippen LogP contribution in [0, 0.1) is 0 Å². The van der Waals surface area contributed by atoms with Gasteiger partial charge in [0.1, 0.15) is 0 Å². The Kier molecular flexibility index (Phi) is 5.02. The third kappa shape index (κ3) is 4.02. The average Bonchev–Trinajstić information content (AvgIpc) is 2.45. The number of ether oxygens (including phenoxy) is 1. The summed E-state index contributed by atoms with van der Waals surface area (Å²) < 4.78 is 4.39. The number of nitrogens with one attached hydrogen (secondary N) is 1. The quantitative estimate of drug-likeness (QED) is 0.389. The molecule has 0 fully saturated rings. The summed E-state index contributed by atoms with van der Waals surface area (Å²) in [5.41, 5.74) is 0.842. The van der Waals surface area contributed by atoms with E-state index >= 15 is 0 Å². The maximum absolute atomic E-state index is 11.7. The lowest BCUT2D eigenvalue weighted by atomic mass is 9.92. The van der Waals surface area contributed by atoms with E-state index in [9.17, 15) is 14.4 Å². The first-order chi connectivity index (χ1) is 9.69. The Morgan fingerprint density at radius 2 is 1.67 bits per heavy atom. The molecule has 112 valence electrons. The minimum absolute atomic E-state index is 0.241. The van der Waals surface area contributed by atoms with E-state index in [2.05, 4.69) is 16.6 Å². The minimum atomic E-state index is -0.905. The van der Waals surface area contributed by atoms with Crippen LogP contribution in [0.1, 0.15) is 36.7 Å². The van der Waals surface area contributed by atoms with Gasteiger partial charge in [-0.2, -0.15) is 0 Å². The molecular formula is C16H19NO4. The molecule has 0 heterocycles. The van der Waals surface area contributed by atoms with Gasteiger partial charge >= 0.3 is 5.97 Å². The molecule has 0 atom stereocenters. The molecule has 1 aromatic carbocycles. The van der Waals surface area contributed by atoms with E-state index in [1.54, 1.807) is 19.1 Å². The molecule has 0 aromatic heterocycles. The van der Waals surface area contributed by atoms with E-state index in [4.69, 9.17) is 0 Å². The number of amides is 1. The number of benzene rings is 1. The van der Waals surface area contributed by atoms with Crippen molar-refractivity contribution in [2.45, 2.75) is 26.3 Å². The molecule has 1 amide bonds. The van der Waals surface area contributed by atoms with E-state index in [-0.39, 0.29) is 11.5 Å². The number of esters is 1. The van der Waals surface area contributed by atoms with Crippen molar-refractivity contribution in [3.8, 4) is 0 Å². The largest absolute Gasteiger partial charge is 0.463 e. The minimum Gasteiger partial charge on any atom is -0.463 e. The molecule has 0 spiro atoms. The highest BCUT2D eigenvalue weighted by atomic mass is 16.5. The second-order valence-corrected chi connectivity index (χ2v) is 5.26. The maximum Gasteiger partial charge on any atom is 0.379 e. The van der Waals surface area contributed by atoms with Gasteiger partial charge in [0.15, 0.2) is 0 Å². The lowest BCUT2D eigenvalue weighted by Crippen LogP contribution is -2.41. The van der Waals surface area contributed by atoms with E-state index in [0.29, 0.717) is 5.57 Å². The highest BCUT2D eigenvalue weighted by Gasteiger charge is 2.24. The monoisotopic (exact) mass is 289 g/mol. The van der Waals surface area contributed by atoms with Crippen LogP contribution in [0.5, 0.6) is 0 Å². The zero-order chi connectivity index (χ0) is 16.2. The summed E-state index contributed by atoms with van der Waals surface area (Å²) in [5, 5.41) is 2.84. The second kappa shape index (κ2) is 6.35. The second-order valence-electron chi connectivity index (χ2n) is 5.26. The molecule has 1 rings (SSSR count). The zero-order valence-electron chi connectivity index (χ0n) is 12.6. The molecule has 21 heavy (non-hydrogen) atoms. The fourth-order valence-electron chi connectivity index (χ4n) is 1.71. The number of carbonyl (C=O) groups is 3. The van der Waals surface area contributed by atoms with Crippen LogP contribution in [0.3, 0.4) is 0 Å². The number of methoxy groups -OCH3 is 1. The predicted molar refractivity (Wildman–Crippen MR) is 78.8 cm³/mol. The van der Waals surface area contributed by atoms with E-state index in [0.717, 1.165) is 12.7 Å². The molecule has 0 saturated carbocycles. The molecule has 0 aliphatic rings. The molecule has 0 aliphatic carbocycles. The van der Waals surface area contributed by atoms with Gasteiger partial charge in [0.2, 0.25) is 5.91 Å². The number of Topliss-reactive ketones (excluding diaryl/α,β-unsaturated/α-hetero) is 1. The third-order valence-electron chi connectivity index (χ3n) is 3.05. The van der Waals surface area contributed by atoms with Gasteiger partial charge < -0.3 is 10.1 Å². The fraction of sp³-hybridized carbons (Fsp3) is 0.312. The van der Waals surface area contributed by atoms with Gasteiger partial charge in [0.25, 0.3) is 5.78 Å². The predicted octanol–water partition coefficient (Wildman–Crippen LogP) is 1.97. The van der Waals surface area contributed by atoms with Gasteiger partial charge in [0.05, 0.1) is 12.6 Å². The van der Waals surface area contributed by atoms with Crippen LogP contribution in [0.2, 0.25) is 0 Å². The van der Waals surface area contributed by atoms with E-state index < -0.39 is 17.3 Å². The Hall–Kier alpha value is -2.43. The van der Waals surface area contributed by atoms with Gasteiger partial charge in [0, 0.05) is 11.1 Å². The van der Waals surface area contributed by atoms with Gasteiger partial charge in [-0.1, -0.05) is 30.8 Å². The van der Waals surface area contributed by atoms with Crippen LogP contribution in [0.15, 0.2) is 36.4 Å². The van der Waals surface area contributed by atoms with Crippen LogP contribution >= 0.6 is 0 Å². The van der Waals surface area contributed by atoms with Crippen molar-refractivity contribution in [3.05, 3.63) is 47.5 Å². The first-order valence-corrected chi connectivity index (χ1v) is 6.40. The lowest BCUT2D eigenvalue weighted by Gasteiger charge is -2.27. The molecule has 1 aromatic rings. The Labute approximate surface area is 124 Å². The Morgan fingerprint density at radius 3 is 2.10 bits per heavy atom. The molecular weight excluding hydrogens is 270 g/mol. The van der Waals surface area contributed by atoms with Crippen LogP contribution < -0.4 is 5.32 Å². The Morgan fingerprint density at radius 1 is 1.14 bits per heavy atom. The first kappa shape index (κ1) is 16.6. The van der Waals surface area contributed by atoms with Crippen molar-refractivity contribution < 1.29 is 19.1 Å². The van der Waals surface area contributed by atoms with Gasteiger partial charge in [-0.05, 0) is 26.3 Å². The SMILES string of the molecule is C=C(C)C(=O)NC(C)(C)c1ccc(C(=O)C(=O)OC)cc1. The molecule has 0 bridgehead atoms.